The van der Waals surface area contributed by atoms with E-state index >= 15 is 52.7 Å². The lowest BCUT2D eigenvalue weighted by Gasteiger charge is -2.10. The van der Waals surface area contributed by atoms with E-state index in [0.717, 1.165) is 72.9 Å². The zero-order valence-electron chi connectivity index (χ0n) is 44.4. The number of benzene rings is 6. The minimum atomic E-state index is -1.62. The fourth-order valence-electron chi connectivity index (χ4n) is 11.0. The Bertz CT molecular complexity index is 4480. The van der Waals surface area contributed by atoms with E-state index in [-0.39, 0.29) is 72.8 Å². The number of nitrogens with one attached hydrogen (secondary N) is 2. The first-order valence-electron chi connectivity index (χ1n) is 26.1. The van der Waals surface area contributed by atoms with Gasteiger partial charge in [0.25, 0.3) is 0 Å². The smallest absolute Gasteiger partial charge is 0.137 e. The van der Waals surface area contributed by atoms with E-state index in [4.69, 9.17) is 0 Å². The van der Waals surface area contributed by atoms with Crippen LogP contribution in [0.25, 0.3) is 137 Å². The van der Waals surface area contributed by atoms with Crippen LogP contribution in [0, 0.1) is 105 Å². The van der Waals surface area contributed by atoms with Gasteiger partial charge in [0.15, 0.2) is 0 Å². The van der Waals surface area contributed by atoms with Crippen molar-refractivity contribution in [1.29, 1.82) is 0 Å². The second kappa shape index (κ2) is 22.0. The third-order valence-corrected chi connectivity index (χ3v) is 14.6. The van der Waals surface area contributed by atoms with E-state index in [1.807, 2.05) is 0 Å². The van der Waals surface area contributed by atoms with E-state index in [1.54, 1.807) is 0 Å². The highest BCUT2D eigenvalue weighted by Crippen LogP contribution is 2.45. The molecule has 4 aliphatic heterocycles. The lowest BCUT2D eigenvalue weighted by molar-refractivity contribution is 0.546. The number of rotatable bonds is 6. The third kappa shape index (κ3) is 9.98. The Labute approximate surface area is 492 Å². The number of halogens is 18. The predicted octanol–water partition coefficient (Wildman–Crippen LogP) is 19.2. The molecule has 3 aromatic heterocycles. The van der Waals surface area contributed by atoms with Gasteiger partial charge in [0, 0.05) is 128 Å². The van der Waals surface area contributed by atoms with Crippen molar-refractivity contribution >= 4 is 70.7 Å². The van der Waals surface area contributed by atoms with Gasteiger partial charge in [0.2, 0.25) is 0 Å². The van der Waals surface area contributed by atoms with Crippen molar-refractivity contribution in [3.8, 4) is 66.8 Å². The van der Waals surface area contributed by atoms with Crippen molar-refractivity contribution in [3.63, 3.8) is 0 Å². The lowest BCUT2D eigenvalue weighted by atomic mass is 10.0. The quantitative estimate of drug-likeness (QED) is 0.163. The van der Waals surface area contributed by atoms with Gasteiger partial charge in [0.1, 0.15) is 105 Å². The van der Waals surface area contributed by atoms with Gasteiger partial charge in [-0.15, -0.1) is 0 Å². The highest BCUT2D eigenvalue weighted by molar-refractivity contribution is 6.01. The zero-order valence-corrected chi connectivity index (χ0v) is 44.4. The molecule has 4 aliphatic rings. The summed E-state index contributed by atoms with van der Waals surface area (Å²) in [6.45, 7) is 0. The maximum absolute atomic E-state index is 16.4. The maximum Gasteiger partial charge on any atom is 0.137 e. The minimum Gasteiger partial charge on any atom is -0.354 e. The van der Waals surface area contributed by atoms with Gasteiger partial charge in [-0.1, -0.05) is 0 Å². The molecule has 0 atom stereocenters. The third-order valence-electron chi connectivity index (χ3n) is 14.6. The fourth-order valence-corrected chi connectivity index (χ4v) is 11.0. The summed E-state index contributed by atoms with van der Waals surface area (Å²) in [4.78, 5) is 23.4. The summed E-state index contributed by atoms with van der Waals surface area (Å²) in [7, 11) is 0. The van der Waals surface area contributed by atoms with Gasteiger partial charge in [-0.25, -0.2) is 99.0 Å². The average Bonchev–Trinajstić information content (AvgIpc) is 1.63. The molecule has 9 aromatic rings. The fraction of sp³-hybridized carbons (Fsp3) is 0. The number of H-pyrrole nitrogens is 2. The SMILES string of the molecule is Fc1cc(F)c(-c2c3nc(c(-c4c(F)cc(F)cc4F)c4ccc([nH]4)c(-c4c(F)cc(F)cc4F)c4nc(c(-c5c(F)cc(F)cc5F)c5nc(c(-c6c(F)cc(F)cc6F)c6ccc([nH]6)c(-c6c(F)cc(F)cc6F)c6nc2C=C6)C=C5)C=C4)C=C3)c(F)c1. The number of aromatic amines is 2. The molecular formula is C66H26F18N6. The van der Waals surface area contributed by atoms with E-state index < -0.39 is 239 Å². The molecule has 0 saturated heterocycles. The summed E-state index contributed by atoms with van der Waals surface area (Å²) in [5.41, 5.74) is -16.8. The predicted molar refractivity (Wildman–Crippen MR) is 299 cm³/mol. The Hall–Kier alpha value is -11.0. The van der Waals surface area contributed by atoms with Crippen LogP contribution in [0.5, 0.6) is 0 Å². The summed E-state index contributed by atoms with van der Waals surface area (Å²) < 4.78 is 285. The standard InChI is InChI=1S/C66H26F18N6/c67-25-13-31(73)55(32(74)14-25)61-43-1-2-44(85-43)62(56-33(75)15-26(68)16-34(56)76)46-5-6-48(87-46)64(58-37(79)19-28(70)20-38(58)80)50-9-10-52(89-50)66(60-41(83)23-30(72)24-42(60)84)54-12-11-53(90-54)65(59-39(81)21-29(71)22-40(59)82)51-8-7-49(88-51)63(47-4-3-45(61)86-47)57-35(77)17-27(69)18-36(57)78/h1-24,85,90H. The normalized spacial score (nSPS) is 12.4. The topological polar surface area (TPSA) is 83.1 Å². The zero-order chi connectivity index (χ0) is 63.5. The van der Waals surface area contributed by atoms with Gasteiger partial charge in [-0.3, -0.25) is 0 Å². The highest BCUT2D eigenvalue weighted by Gasteiger charge is 2.30. The number of hydrogen-bond donors (Lipinski definition) is 2. The van der Waals surface area contributed by atoms with Crippen LogP contribution in [0.3, 0.4) is 0 Å². The van der Waals surface area contributed by atoms with Crippen molar-refractivity contribution in [2.24, 2.45) is 0 Å². The lowest BCUT2D eigenvalue weighted by Crippen LogP contribution is -1.99. The van der Waals surface area contributed by atoms with Crippen LogP contribution in [0.15, 0.2) is 97.1 Å². The van der Waals surface area contributed by atoms with Crippen LogP contribution in [0.2, 0.25) is 0 Å². The summed E-state index contributed by atoms with van der Waals surface area (Å²) in [5, 5.41) is 0. The molecule has 13 rings (SSSR count). The number of hydrogen-bond acceptors (Lipinski definition) is 4. The van der Waals surface area contributed by atoms with Gasteiger partial charge < -0.3 is 9.97 Å². The molecule has 0 amide bonds. The summed E-state index contributed by atoms with van der Waals surface area (Å²) in [6.07, 6.45) is 8.12. The first-order chi connectivity index (χ1) is 43.0. The molecule has 0 fully saturated rings. The summed E-state index contributed by atoms with van der Waals surface area (Å²) in [6, 6.07) is 7.29. The second-order valence-corrected chi connectivity index (χ2v) is 20.2. The Morgan fingerprint density at radius 1 is 0.178 bits per heavy atom. The Morgan fingerprint density at radius 3 is 0.467 bits per heavy atom. The molecular weight excluding hydrogens is 1220 g/mol. The monoisotopic (exact) mass is 1240 g/mol. The molecule has 6 aromatic carbocycles. The van der Waals surface area contributed by atoms with Gasteiger partial charge in [0.05, 0.1) is 78.9 Å². The first kappa shape index (κ1) is 58.0. The van der Waals surface area contributed by atoms with E-state index in [0.29, 0.717) is 0 Å². The molecule has 0 aliphatic carbocycles. The largest absolute Gasteiger partial charge is 0.354 e. The molecule has 0 saturated carbocycles. The molecule has 0 spiro atoms. The molecule has 0 unspecified atom stereocenters. The van der Waals surface area contributed by atoms with Crippen LogP contribution >= 0.6 is 0 Å². The molecule has 0 radical (unpaired) electrons. The van der Waals surface area contributed by atoms with Crippen LogP contribution < -0.4 is 0 Å². The van der Waals surface area contributed by atoms with Crippen molar-refractivity contribution < 1.29 is 79.0 Å². The average molecular weight is 1240 g/mol. The Balaban J connectivity index is 1.28. The summed E-state index contributed by atoms with van der Waals surface area (Å²) in [5.74, 6) is -27.9. The molecule has 6 nitrogen and oxygen atoms in total. The molecule has 2 N–H and O–H groups in total. The molecule has 446 valence electrons. The Kier molecular flexibility index (Phi) is 14.2. The molecule has 12 bridgehead atoms. The maximum atomic E-state index is 16.4. The highest BCUT2D eigenvalue weighted by atomic mass is 19.2. The van der Waals surface area contributed by atoms with Crippen molar-refractivity contribution in [1.82, 2.24) is 29.9 Å². The van der Waals surface area contributed by atoms with Crippen LogP contribution in [-0.2, 0) is 0 Å². The number of fused-ring (bicyclic) bond motifs is 12. The Morgan fingerprint density at radius 2 is 0.311 bits per heavy atom. The van der Waals surface area contributed by atoms with Crippen molar-refractivity contribution in [3.05, 3.63) is 247 Å². The second-order valence-electron chi connectivity index (χ2n) is 20.2. The van der Waals surface area contributed by atoms with Gasteiger partial charge in [-0.2, -0.15) is 0 Å². The van der Waals surface area contributed by atoms with Gasteiger partial charge in [-0.05, 0) is 72.9 Å². The van der Waals surface area contributed by atoms with Gasteiger partial charge >= 0.3 is 0 Å². The van der Waals surface area contributed by atoms with Crippen LogP contribution in [-0.4, -0.2) is 29.9 Å². The van der Waals surface area contributed by atoms with E-state index in [2.05, 4.69) is 29.9 Å². The van der Waals surface area contributed by atoms with Crippen molar-refractivity contribution in [2.45, 2.75) is 0 Å². The first-order valence-corrected chi connectivity index (χ1v) is 26.1. The van der Waals surface area contributed by atoms with Crippen LogP contribution in [0.1, 0.15) is 45.6 Å². The number of aromatic nitrogens is 6. The van der Waals surface area contributed by atoms with E-state index in [9.17, 15) is 26.3 Å². The summed E-state index contributed by atoms with van der Waals surface area (Å²) >= 11 is 0. The minimum absolute atomic E-state index is 0.253. The van der Waals surface area contributed by atoms with Crippen molar-refractivity contribution in [2.75, 3.05) is 0 Å². The molecule has 24 heteroatoms. The molecule has 7 heterocycles. The van der Waals surface area contributed by atoms with E-state index in [1.165, 1.54) is 0 Å². The van der Waals surface area contributed by atoms with Crippen LogP contribution in [0.4, 0.5) is 79.0 Å². The molecule has 90 heavy (non-hydrogen) atoms. The number of nitrogens with zero attached hydrogens (tertiary/aromatic N) is 4.